The van der Waals surface area contributed by atoms with Crippen molar-refractivity contribution in [2.24, 2.45) is 0 Å². The van der Waals surface area contributed by atoms with Crippen LogP contribution in [0.15, 0.2) is 30.3 Å². The largest absolute Gasteiger partial charge is 0.393 e. The minimum absolute atomic E-state index is 0.290. The van der Waals surface area contributed by atoms with E-state index in [4.69, 9.17) is 14.9 Å². The van der Waals surface area contributed by atoms with Gasteiger partial charge in [0, 0.05) is 0 Å². The van der Waals surface area contributed by atoms with Gasteiger partial charge in [0.05, 0.1) is 13.2 Å². The molecule has 1 atom stereocenters. The van der Waals surface area contributed by atoms with Gasteiger partial charge in [-0.3, -0.25) is 0 Å². The van der Waals surface area contributed by atoms with E-state index in [0.717, 1.165) is 5.56 Å². The lowest BCUT2D eigenvalue weighted by molar-refractivity contribution is 0.138. The number of hydrogen-bond donors (Lipinski definition) is 2. The first-order valence-corrected chi connectivity index (χ1v) is 5.22. The van der Waals surface area contributed by atoms with E-state index in [2.05, 4.69) is 23.7 Å². The lowest BCUT2D eigenvalue weighted by Crippen LogP contribution is -2.07. The second-order valence-corrected chi connectivity index (χ2v) is 3.25. The number of benzene rings is 1. The average molecular weight is 230 g/mol. The van der Waals surface area contributed by atoms with Crippen molar-refractivity contribution < 1.29 is 14.9 Å². The average Bonchev–Trinajstić information content (AvgIpc) is 2.38. The highest BCUT2D eigenvalue weighted by atomic mass is 16.5. The first kappa shape index (κ1) is 13.3. The van der Waals surface area contributed by atoms with Crippen LogP contribution in [-0.4, -0.2) is 29.5 Å². The summed E-state index contributed by atoms with van der Waals surface area (Å²) in [5.41, 5.74) is 1.09. The quantitative estimate of drug-likeness (QED) is 0.587. The van der Waals surface area contributed by atoms with E-state index in [1.807, 2.05) is 30.3 Å². The van der Waals surface area contributed by atoms with Crippen LogP contribution in [0.3, 0.4) is 0 Å². The van der Waals surface area contributed by atoms with Crippen molar-refractivity contribution in [1.29, 1.82) is 0 Å². The number of rotatable bonds is 4. The van der Waals surface area contributed by atoms with Crippen LogP contribution in [0.5, 0.6) is 0 Å². The van der Waals surface area contributed by atoms with Gasteiger partial charge in [0.2, 0.25) is 0 Å². The lowest BCUT2D eigenvalue weighted by Gasteiger charge is -1.98. The van der Waals surface area contributed by atoms with Crippen LogP contribution < -0.4 is 0 Å². The summed E-state index contributed by atoms with van der Waals surface area (Å²) in [6, 6.07) is 9.80. The molecule has 0 fully saturated rings. The van der Waals surface area contributed by atoms with Crippen molar-refractivity contribution in [3.05, 3.63) is 35.9 Å². The molecular formula is C14H14O3. The Morgan fingerprint density at radius 3 is 2.65 bits per heavy atom. The summed E-state index contributed by atoms with van der Waals surface area (Å²) < 4.78 is 5.30. The molecule has 0 spiro atoms. The second-order valence-electron chi connectivity index (χ2n) is 3.25. The highest BCUT2D eigenvalue weighted by molar-refractivity contribution is 5.27. The highest BCUT2D eigenvalue weighted by Gasteiger charge is 1.91. The molecule has 0 saturated heterocycles. The zero-order valence-electron chi connectivity index (χ0n) is 9.39. The Kier molecular flexibility index (Phi) is 6.55. The predicted octanol–water partition coefficient (Wildman–Crippen LogP) is 0.563. The third-order valence-corrected chi connectivity index (χ3v) is 1.85. The van der Waals surface area contributed by atoms with Gasteiger partial charge in [-0.05, 0) is 17.4 Å². The van der Waals surface area contributed by atoms with Crippen molar-refractivity contribution in [2.75, 3.05) is 13.2 Å². The fourth-order valence-electron chi connectivity index (χ4n) is 1.04. The molecule has 3 nitrogen and oxygen atoms in total. The molecule has 0 aliphatic rings. The van der Waals surface area contributed by atoms with E-state index in [9.17, 15) is 0 Å². The van der Waals surface area contributed by atoms with Crippen LogP contribution in [0.1, 0.15) is 5.56 Å². The molecule has 2 N–H and O–H groups in total. The molecule has 1 aromatic carbocycles. The Bertz CT molecular complexity index is 431. The highest BCUT2D eigenvalue weighted by Crippen LogP contribution is 1.99. The van der Waals surface area contributed by atoms with Gasteiger partial charge in [0.25, 0.3) is 0 Å². The lowest BCUT2D eigenvalue weighted by atomic mass is 10.2. The number of aliphatic hydroxyl groups is 2. The molecule has 1 aromatic rings. The van der Waals surface area contributed by atoms with Gasteiger partial charge in [-0.25, -0.2) is 0 Å². The predicted molar refractivity (Wildman–Crippen MR) is 64.7 cm³/mol. The molecule has 0 amide bonds. The van der Waals surface area contributed by atoms with E-state index < -0.39 is 6.10 Å². The van der Waals surface area contributed by atoms with Gasteiger partial charge >= 0.3 is 0 Å². The summed E-state index contributed by atoms with van der Waals surface area (Å²) in [5, 5.41) is 17.4. The van der Waals surface area contributed by atoms with Crippen molar-refractivity contribution in [3.8, 4) is 23.7 Å². The van der Waals surface area contributed by atoms with Crippen molar-refractivity contribution >= 4 is 0 Å². The van der Waals surface area contributed by atoms with Gasteiger partial charge in [0.15, 0.2) is 0 Å². The monoisotopic (exact) mass is 230 g/mol. The van der Waals surface area contributed by atoms with Crippen LogP contribution >= 0.6 is 0 Å². The molecule has 0 radical (unpaired) electrons. The molecular weight excluding hydrogens is 216 g/mol. The Morgan fingerprint density at radius 2 is 1.94 bits per heavy atom. The van der Waals surface area contributed by atoms with E-state index >= 15 is 0 Å². The standard InChI is InChI=1S/C14H14O3/c15-11-14(16)9-5-2-6-10-17-12-13-7-3-1-4-8-13/h1,3-4,7-8,14-16H,10-12H2/t14-/m0/s1. The van der Waals surface area contributed by atoms with Crippen LogP contribution in [0.2, 0.25) is 0 Å². The van der Waals surface area contributed by atoms with Crippen molar-refractivity contribution in [3.63, 3.8) is 0 Å². The summed E-state index contributed by atoms with van der Waals surface area (Å²) in [5.74, 6) is 10.0. The topological polar surface area (TPSA) is 49.7 Å². The third kappa shape index (κ3) is 6.40. The maximum absolute atomic E-state index is 8.89. The van der Waals surface area contributed by atoms with Gasteiger partial charge in [-0.1, -0.05) is 42.2 Å². The van der Waals surface area contributed by atoms with Gasteiger partial charge in [0.1, 0.15) is 12.7 Å². The molecule has 0 heterocycles. The number of hydrogen-bond acceptors (Lipinski definition) is 3. The molecule has 1 rings (SSSR count). The summed E-state index contributed by atoms with van der Waals surface area (Å²) in [6.07, 6.45) is -1.02. The summed E-state index contributed by atoms with van der Waals surface area (Å²) >= 11 is 0. The molecule has 0 bridgehead atoms. The molecule has 3 heteroatoms. The van der Waals surface area contributed by atoms with Crippen molar-refractivity contribution in [1.82, 2.24) is 0 Å². The number of ether oxygens (including phenoxy) is 1. The van der Waals surface area contributed by atoms with E-state index in [-0.39, 0.29) is 6.61 Å². The number of aliphatic hydroxyl groups excluding tert-OH is 2. The van der Waals surface area contributed by atoms with E-state index in [1.54, 1.807) is 0 Å². The Morgan fingerprint density at radius 1 is 1.18 bits per heavy atom. The van der Waals surface area contributed by atoms with Gasteiger partial charge in [-0.2, -0.15) is 0 Å². The molecule has 88 valence electrons. The van der Waals surface area contributed by atoms with Crippen LogP contribution in [0.4, 0.5) is 0 Å². The fourth-order valence-corrected chi connectivity index (χ4v) is 1.04. The van der Waals surface area contributed by atoms with E-state index in [0.29, 0.717) is 13.2 Å². The summed E-state index contributed by atoms with van der Waals surface area (Å²) in [4.78, 5) is 0. The zero-order chi connectivity index (χ0) is 12.3. The van der Waals surface area contributed by atoms with Gasteiger partial charge in [-0.15, -0.1) is 0 Å². The summed E-state index contributed by atoms with van der Waals surface area (Å²) in [6.45, 7) is 0.431. The SMILES string of the molecule is OC[C@@H](O)C#CC#CCOCc1ccccc1. The molecule has 0 saturated carbocycles. The third-order valence-electron chi connectivity index (χ3n) is 1.85. The van der Waals surface area contributed by atoms with E-state index in [1.165, 1.54) is 0 Å². The molecule has 0 aliphatic heterocycles. The maximum atomic E-state index is 8.89. The molecule has 0 aliphatic carbocycles. The maximum Gasteiger partial charge on any atom is 0.138 e. The molecule has 0 aromatic heterocycles. The Labute approximate surface area is 101 Å². The minimum Gasteiger partial charge on any atom is -0.393 e. The van der Waals surface area contributed by atoms with Gasteiger partial charge < -0.3 is 14.9 Å². The fraction of sp³-hybridized carbons (Fsp3) is 0.286. The van der Waals surface area contributed by atoms with Crippen LogP contribution in [0, 0.1) is 23.7 Å². The van der Waals surface area contributed by atoms with Crippen molar-refractivity contribution in [2.45, 2.75) is 12.7 Å². The normalized spacial score (nSPS) is 10.7. The Hall–Kier alpha value is -1.78. The smallest absolute Gasteiger partial charge is 0.138 e. The Balaban J connectivity index is 2.20. The van der Waals surface area contributed by atoms with Crippen LogP contribution in [-0.2, 0) is 11.3 Å². The second kappa shape index (κ2) is 8.38. The molecule has 0 unspecified atom stereocenters. The first-order valence-electron chi connectivity index (χ1n) is 5.22. The minimum atomic E-state index is -1.02. The van der Waals surface area contributed by atoms with Crippen LogP contribution in [0.25, 0.3) is 0 Å². The first-order chi connectivity index (χ1) is 8.33. The zero-order valence-corrected chi connectivity index (χ0v) is 9.39. The molecule has 17 heavy (non-hydrogen) atoms. The summed E-state index contributed by atoms with van der Waals surface area (Å²) in [7, 11) is 0.